The van der Waals surface area contributed by atoms with Crippen LogP contribution in [0.4, 0.5) is 5.69 Å². The zero-order chi connectivity index (χ0) is 14.6. The Morgan fingerprint density at radius 2 is 2.05 bits per heavy atom. The number of hydrogen-bond donors (Lipinski definition) is 0. The predicted octanol–water partition coefficient (Wildman–Crippen LogP) is 4.14. The Labute approximate surface area is 124 Å². The summed E-state index contributed by atoms with van der Waals surface area (Å²) < 4.78 is 6.44. The molecule has 0 saturated carbocycles. The zero-order valence-corrected chi connectivity index (χ0v) is 14.5. The van der Waals surface area contributed by atoms with Crippen molar-refractivity contribution in [2.24, 2.45) is 0 Å². The SMILES string of the molecule is C[SiH](C)C(C)(C)COCc1c(Br)cccc1[N+](=O)[O-]. The molecule has 0 atom stereocenters. The van der Waals surface area contributed by atoms with Gasteiger partial charge in [0.2, 0.25) is 0 Å². The van der Waals surface area contributed by atoms with Crippen LogP contribution in [0.5, 0.6) is 0 Å². The van der Waals surface area contributed by atoms with Crippen molar-refractivity contribution < 1.29 is 9.66 Å². The van der Waals surface area contributed by atoms with Gasteiger partial charge in [0, 0.05) is 25.9 Å². The monoisotopic (exact) mass is 345 g/mol. The fraction of sp³-hybridized carbons (Fsp3) is 0.538. The van der Waals surface area contributed by atoms with E-state index in [-0.39, 0.29) is 22.3 Å². The molecule has 0 bridgehead atoms. The lowest BCUT2D eigenvalue weighted by Crippen LogP contribution is -2.26. The predicted molar refractivity (Wildman–Crippen MR) is 83.4 cm³/mol. The summed E-state index contributed by atoms with van der Waals surface area (Å²) >= 11 is 3.35. The molecule has 0 amide bonds. The van der Waals surface area contributed by atoms with E-state index in [1.807, 2.05) is 0 Å². The van der Waals surface area contributed by atoms with Crippen LogP contribution in [0.15, 0.2) is 22.7 Å². The molecule has 0 aliphatic rings. The fourth-order valence-electron chi connectivity index (χ4n) is 1.44. The molecule has 0 fully saturated rings. The van der Waals surface area contributed by atoms with Gasteiger partial charge in [0.05, 0.1) is 17.1 Å². The van der Waals surface area contributed by atoms with E-state index in [1.165, 1.54) is 6.07 Å². The maximum atomic E-state index is 11.0. The Hall–Kier alpha value is -0.723. The molecule has 0 aliphatic carbocycles. The van der Waals surface area contributed by atoms with Gasteiger partial charge in [-0.05, 0) is 11.1 Å². The van der Waals surface area contributed by atoms with E-state index in [0.29, 0.717) is 12.2 Å². The smallest absolute Gasteiger partial charge is 0.276 e. The van der Waals surface area contributed by atoms with Crippen LogP contribution >= 0.6 is 15.9 Å². The summed E-state index contributed by atoms with van der Waals surface area (Å²) in [6.45, 7) is 9.85. The number of benzene rings is 1. The second-order valence-corrected chi connectivity index (χ2v) is 10.4. The third-order valence-electron chi connectivity index (χ3n) is 3.57. The van der Waals surface area contributed by atoms with Gasteiger partial charge >= 0.3 is 0 Å². The quantitative estimate of drug-likeness (QED) is 0.442. The lowest BCUT2D eigenvalue weighted by atomic mass is 10.2. The highest BCUT2D eigenvalue weighted by atomic mass is 79.9. The average molecular weight is 346 g/mol. The van der Waals surface area contributed by atoms with Crippen LogP contribution in [-0.4, -0.2) is 20.3 Å². The van der Waals surface area contributed by atoms with Crippen LogP contribution in [0.2, 0.25) is 18.1 Å². The third kappa shape index (κ3) is 4.40. The molecule has 0 radical (unpaired) electrons. The van der Waals surface area contributed by atoms with Crippen LogP contribution in [-0.2, 0) is 11.3 Å². The van der Waals surface area contributed by atoms with Gasteiger partial charge in [-0.25, -0.2) is 0 Å². The number of hydrogen-bond acceptors (Lipinski definition) is 3. The zero-order valence-electron chi connectivity index (χ0n) is 11.8. The minimum atomic E-state index is -0.820. The van der Waals surface area contributed by atoms with Crippen molar-refractivity contribution >= 4 is 30.4 Å². The van der Waals surface area contributed by atoms with Crippen LogP contribution in [0, 0.1) is 10.1 Å². The van der Waals surface area contributed by atoms with Crippen LogP contribution in [0.1, 0.15) is 19.4 Å². The van der Waals surface area contributed by atoms with Gasteiger partial charge in [0.15, 0.2) is 0 Å². The molecule has 6 heteroatoms. The molecular weight excluding hydrogens is 326 g/mol. The van der Waals surface area contributed by atoms with Crippen molar-refractivity contribution in [3.8, 4) is 0 Å². The Morgan fingerprint density at radius 1 is 1.42 bits per heavy atom. The first-order chi connectivity index (χ1) is 8.75. The van der Waals surface area contributed by atoms with Gasteiger partial charge in [0.1, 0.15) is 0 Å². The Morgan fingerprint density at radius 3 is 2.58 bits per heavy atom. The van der Waals surface area contributed by atoms with E-state index >= 15 is 0 Å². The topological polar surface area (TPSA) is 52.4 Å². The number of nitrogens with zero attached hydrogens (tertiary/aromatic N) is 1. The molecule has 0 N–H and O–H groups in total. The normalized spacial score (nSPS) is 11.9. The Balaban J connectivity index is 2.76. The first-order valence-corrected chi connectivity index (χ1v) is 9.93. The molecule has 1 aromatic carbocycles. The average Bonchev–Trinajstić information content (AvgIpc) is 2.30. The first-order valence-electron chi connectivity index (χ1n) is 6.25. The summed E-state index contributed by atoms with van der Waals surface area (Å²) in [6, 6.07) is 4.97. The molecular formula is C13H20BrNO3Si. The van der Waals surface area contributed by atoms with Gasteiger partial charge in [-0.3, -0.25) is 10.1 Å². The maximum Gasteiger partial charge on any atom is 0.276 e. The molecule has 106 valence electrons. The van der Waals surface area contributed by atoms with Crippen molar-refractivity contribution in [2.75, 3.05) is 6.61 Å². The fourth-order valence-corrected chi connectivity index (χ4v) is 2.37. The summed E-state index contributed by atoms with van der Waals surface area (Å²) in [4.78, 5) is 10.6. The second kappa shape index (κ2) is 6.63. The van der Waals surface area contributed by atoms with E-state index in [9.17, 15) is 10.1 Å². The number of halogens is 1. The highest BCUT2D eigenvalue weighted by molar-refractivity contribution is 9.10. The van der Waals surface area contributed by atoms with E-state index < -0.39 is 8.80 Å². The Bertz CT molecular complexity index is 463. The van der Waals surface area contributed by atoms with Crippen molar-refractivity contribution in [3.05, 3.63) is 38.3 Å². The summed E-state index contributed by atoms with van der Waals surface area (Å²) in [5.41, 5.74) is 0.711. The number of ether oxygens (including phenoxy) is 1. The lowest BCUT2D eigenvalue weighted by Gasteiger charge is -2.27. The van der Waals surface area contributed by atoms with Gasteiger partial charge in [-0.1, -0.05) is 48.9 Å². The van der Waals surface area contributed by atoms with Crippen molar-refractivity contribution in [1.82, 2.24) is 0 Å². The van der Waals surface area contributed by atoms with Crippen LogP contribution in [0.3, 0.4) is 0 Å². The molecule has 4 nitrogen and oxygen atoms in total. The summed E-state index contributed by atoms with van der Waals surface area (Å²) in [7, 11) is -0.820. The maximum absolute atomic E-state index is 11.0. The number of nitro groups is 1. The molecule has 0 aromatic heterocycles. The summed E-state index contributed by atoms with van der Waals surface area (Å²) in [5, 5.41) is 11.2. The first kappa shape index (κ1) is 16.3. The minimum Gasteiger partial charge on any atom is -0.376 e. The summed E-state index contributed by atoms with van der Waals surface area (Å²) in [5.74, 6) is 0. The number of nitro benzene ring substituents is 1. The van der Waals surface area contributed by atoms with E-state index in [4.69, 9.17) is 4.74 Å². The Kier molecular flexibility index (Phi) is 5.70. The standard InChI is InChI=1S/C13H20BrNO3Si/c1-13(2,19(3)4)9-18-8-10-11(14)6-5-7-12(10)15(16)17/h5-7,19H,8-9H2,1-4H3. The molecule has 1 rings (SSSR count). The second-order valence-electron chi connectivity index (χ2n) is 5.63. The lowest BCUT2D eigenvalue weighted by molar-refractivity contribution is -0.386. The van der Waals surface area contributed by atoms with E-state index in [0.717, 1.165) is 4.47 Å². The largest absolute Gasteiger partial charge is 0.376 e. The molecule has 1 aromatic rings. The van der Waals surface area contributed by atoms with Crippen molar-refractivity contribution in [2.45, 2.75) is 38.6 Å². The molecule has 0 heterocycles. The van der Waals surface area contributed by atoms with Crippen molar-refractivity contribution in [3.63, 3.8) is 0 Å². The van der Waals surface area contributed by atoms with Crippen molar-refractivity contribution in [1.29, 1.82) is 0 Å². The van der Waals surface area contributed by atoms with E-state index in [1.54, 1.807) is 12.1 Å². The number of rotatable bonds is 6. The van der Waals surface area contributed by atoms with Gasteiger partial charge < -0.3 is 4.74 Å². The van der Waals surface area contributed by atoms with Crippen LogP contribution < -0.4 is 0 Å². The van der Waals surface area contributed by atoms with Gasteiger partial charge in [0.25, 0.3) is 5.69 Å². The minimum absolute atomic E-state index is 0.106. The van der Waals surface area contributed by atoms with Gasteiger partial charge in [-0.2, -0.15) is 0 Å². The third-order valence-corrected chi connectivity index (χ3v) is 7.61. The van der Waals surface area contributed by atoms with Crippen LogP contribution in [0.25, 0.3) is 0 Å². The molecule has 0 unspecified atom stereocenters. The molecule has 0 saturated heterocycles. The highest BCUT2D eigenvalue weighted by Gasteiger charge is 2.24. The molecule has 19 heavy (non-hydrogen) atoms. The highest BCUT2D eigenvalue weighted by Crippen LogP contribution is 2.31. The van der Waals surface area contributed by atoms with E-state index in [2.05, 4.69) is 42.9 Å². The molecule has 0 spiro atoms. The van der Waals surface area contributed by atoms with Gasteiger partial charge in [-0.15, -0.1) is 0 Å². The summed E-state index contributed by atoms with van der Waals surface area (Å²) in [6.07, 6.45) is 0. The molecule has 0 aliphatic heterocycles.